The van der Waals surface area contributed by atoms with E-state index in [0.29, 0.717) is 5.71 Å². The summed E-state index contributed by atoms with van der Waals surface area (Å²) in [6, 6.07) is 0. The smallest absolute Gasteiger partial charge is 0.115 e. The second kappa shape index (κ2) is 2.96. The monoisotopic (exact) mass is 111 g/mol. The molecule has 0 saturated heterocycles. The summed E-state index contributed by atoms with van der Waals surface area (Å²) in [5.74, 6) is -0.0170. The highest BCUT2D eigenvalue weighted by atomic mass is 14.7. The Bertz CT molecular complexity index is 119. The minimum Gasteiger partial charge on any atom is -0.384 e. The van der Waals surface area contributed by atoms with Crippen molar-refractivity contribution < 1.29 is 0 Å². The van der Waals surface area contributed by atoms with Gasteiger partial charge in [0.25, 0.3) is 0 Å². The molecule has 0 aliphatic rings. The number of nitrogens with two attached hydrogens (primary N) is 1. The van der Waals surface area contributed by atoms with E-state index >= 15 is 0 Å². The fourth-order valence-corrected chi connectivity index (χ4v) is 0.215. The number of nitrogens with one attached hydrogen (secondary N) is 2. The molecule has 0 aromatic rings. The molecule has 0 rings (SSSR count). The first-order chi connectivity index (χ1) is 3.63. The SMILES string of the molecule is CC(=N)/C=C\C(=N)N. The Morgan fingerprint density at radius 3 is 2.00 bits per heavy atom. The number of amidine groups is 1. The van der Waals surface area contributed by atoms with E-state index in [1.165, 1.54) is 12.2 Å². The van der Waals surface area contributed by atoms with E-state index in [9.17, 15) is 0 Å². The number of hydrogen-bond acceptors (Lipinski definition) is 2. The van der Waals surface area contributed by atoms with E-state index in [4.69, 9.17) is 16.6 Å². The summed E-state index contributed by atoms with van der Waals surface area (Å²) >= 11 is 0. The van der Waals surface area contributed by atoms with E-state index in [0.717, 1.165) is 0 Å². The zero-order valence-electron chi connectivity index (χ0n) is 4.73. The fraction of sp³-hybridized carbons (Fsp3) is 0.200. The molecule has 3 heteroatoms. The van der Waals surface area contributed by atoms with Crippen LogP contribution in [-0.2, 0) is 0 Å². The van der Waals surface area contributed by atoms with Gasteiger partial charge in [-0.15, -0.1) is 0 Å². The molecule has 0 spiro atoms. The second-order valence-electron chi connectivity index (χ2n) is 1.47. The lowest BCUT2D eigenvalue weighted by molar-refractivity contribution is 1.46. The highest BCUT2D eigenvalue weighted by molar-refractivity contribution is 5.98. The van der Waals surface area contributed by atoms with Crippen LogP contribution in [0.2, 0.25) is 0 Å². The fourth-order valence-electron chi connectivity index (χ4n) is 0.215. The van der Waals surface area contributed by atoms with Crippen molar-refractivity contribution in [3.05, 3.63) is 12.2 Å². The zero-order chi connectivity index (χ0) is 6.57. The van der Waals surface area contributed by atoms with Crippen molar-refractivity contribution in [2.75, 3.05) is 0 Å². The summed E-state index contributed by atoms with van der Waals surface area (Å²) < 4.78 is 0. The van der Waals surface area contributed by atoms with Crippen LogP contribution in [-0.4, -0.2) is 11.5 Å². The standard InChI is InChI=1S/C5H9N3/c1-4(6)2-3-5(7)8/h2-3,6H,1H3,(H3,7,8)/b3-2-,6-4?. The number of rotatable bonds is 2. The molecule has 0 unspecified atom stereocenters. The van der Waals surface area contributed by atoms with E-state index in [1.807, 2.05) is 0 Å². The summed E-state index contributed by atoms with van der Waals surface area (Å²) in [4.78, 5) is 0. The molecule has 0 aliphatic heterocycles. The van der Waals surface area contributed by atoms with E-state index in [1.54, 1.807) is 6.92 Å². The quantitative estimate of drug-likeness (QED) is 0.352. The molecule has 0 aromatic carbocycles. The molecule has 0 atom stereocenters. The maximum absolute atomic E-state index is 6.85. The third-order valence-electron chi connectivity index (χ3n) is 0.513. The van der Waals surface area contributed by atoms with Crippen LogP contribution in [0.5, 0.6) is 0 Å². The molecule has 44 valence electrons. The lowest BCUT2D eigenvalue weighted by Crippen LogP contribution is -2.04. The van der Waals surface area contributed by atoms with Gasteiger partial charge in [0, 0.05) is 5.71 Å². The molecule has 8 heavy (non-hydrogen) atoms. The number of allylic oxidation sites excluding steroid dienone is 1. The third-order valence-corrected chi connectivity index (χ3v) is 0.513. The van der Waals surface area contributed by atoms with Crippen LogP contribution in [0.3, 0.4) is 0 Å². The summed E-state index contributed by atoms with van der Waals surface area (Å²) in [5, 5.41) is 13.5. The summed E-state index contributed by atoms with van der Waals surface area (Å²) in [6.45, 7) is 1.62. The van der Waals surface area contributed by atoms with Crippen LogP contribution < -0.4 is 5.73 Å². The Labute approximate surface area is 48.2 Å². The average molecular weight is 111 g/mol. The summed E-state index contributed by atoms with van der Waals surface area (Å²) in [6.07, 6.45) is 2.85. The third kappa shape index (κ3) is 4.88. The zero-order valence-corrected chi connectivity index (χ0v) is 4.73. The molecule has 0 radical (unpaired) electrons. The van der Waals surface area contributed by atoms with Crippen LogP contribution in [0.15, 0.2) is 12.2 Å². The van der Waals surface area contributed by atoms with Crippen LogP contribution >= 0.6 is 0 Å². The molecule has 4 N–H and O–H groups in total. The molecular formula is C5H9N3. The van der Waals surface area contributed by atoms with Crippen molar-refractivity contribution in [2.45, 2.75) is 6.92 Å². The molecule has 0 bridgehead atoms. The van der Waals surface area contributed by atoms with E-state index < -0.39 is 0 Å². The summed E-state index contributed by atoms with van der Waals surface area (Å²) in [5.41, 5.74) is 5.34. The highest BCUT2D eigenvalue weighted by Crippen LogP contribution is 1.72. The Morgan fingerprint density at radius 1 is 1.38 bits per heavy atom. The van der Waals surface area contributed by atoms with Crippen LogP contribution in [0, 0.1) is 10.8 Å². The van der Waals surface area contributed by atoms with Gasteiger partial charge in [0.15, 0.2) is 0 Å². The van der Waals surface area contributed by atoms with E-state index in [-0.39, 0.29) is 5.84 Å². The lowest BCUT2D eigenvalue weighted by Gasteiger charge is -1.81. The van der Waals surface area contributed by atoms with E-state index in [2.05, 4.69) is 0 Å². The van der Waals surface area contributed by atoms with Crippen molar-refractivity contribution in [3.63, 3.8) is 0 Å². The van der Waals surface area contributed by atoms with Crippen molar-refractivity contribution in [1.29, 1.82) is 10.8 Å². The predicted octanol–water partition coefficient (Wildman–Crippen LogP) is 0.518. The Hall–Kier alpha value is -1.12. The molecular weight excluding hydrogens is 102 g/mol. The molecule has 0 fully saturated rings. The molecule has 0 aliphatic carbocycles. The largest absolute Gasteiger partial charge is 0.384 e. The van der Waals surface area contributed by atoms with Gasteiger partial charge in [0.2, 0.25) is 0 Å². The highest BCUT2D eigenvalue weighted by Gasteiger charge is 1.76. The Morgan fingerprint density at radius 2 is 1.88 bits per heavy atom. The van der Waals surface area contributed by atoms with Gasteiger partial charge in [-0.1, -0.05) is 0 Å². The van der Waals surface area contributed by atoms with Crippen molar-refractivity contribution in [2.24, 2.45) is 5.73 Å². The van der Waals surface area contributed by atoms with Gasteiger partial charge in [-0.3, -0.25) is 5.41 Å². The maximum Gasteiger partial charge on any atom is 0.115 e. The van der Waals surface area contributed by atoms with Crippen LogP contribution in [0.4, 0.5) is 0 Å². The van der Waals surface area contributed by atoms with Gasteiger partial charge in [0.05, 0.1) is 0 Å². The van der Waals surface area contributed by atoms with Crippen molar-refractivity contribution >= 4 is 11.5 Å². The lowest BCUT2D eigenvalue weighted by atomic mass is 10.3. The van der Waals surface area contributed by atoms with Gasteiger partial charge in [-0.25, -0.2) is 0 Å². The van der Waals surface area contributed by atoms with Gasteiger partial charge < -0.3 is 11.1 Å². The molecule has 3 nitrogen and oxygen atoms in total. The van der Waals surface area contributed by atoms with Crippen molar-refractivity contribution in [1.82, 2.24) is 0 Å². The van der Waals surface area contributed by atoms with Crippen LogP contribution in [0.25, 0.3) is 0 Å². The van der Waals surface area contributed by atoms with Crippen LogP contribution in [0.1, 0.15) is 6.92 Å². The van der Waals surface area contributed by atoms with Gasteiger partial charge in [0.1, 0.15) is 5.84 Å². The number of hydrogen-bond donors (Lipinski definition) is 3. The topological polar surface area (TPSA) is 73.7 Å². The maximum atomic E-state index is 6.85. The van der Waals surface area contributed by atoms with Gasteiger partial charge >= 0.3 is 0 Å². The Balaban J connectivity index is 3.67. The summed E-state index contributed by atoms with van der Waals surface area (Å²) in [7, 11) is 0. The first-order valence-corrected chi connectivity index (χ1v) is 2.20. The van der Waals surface area contributed by atoms with Crippen molar-refractivity contribution in [3.8, 4) is 0 Å². The molecule has 0 saturated carbocycles. The van der Waals surface area contributed by atoms with Gasteiger partial charge in [-0.2, -0.15) is 0 Å². The first-order valence-electron chi connectivity index (χ1n) is 2.20. The normalized spacial score (nSPS) is 9.62. The molecule has 0 heterocycles. The van der Waals surface area contributed by atoms with Gasteiger partial charge in [-0.05, 0) is 19.1 Å². The minimum absolute atomic E-state index is 0.0170. The average Bonchev–Trinajstić information content (AvgIpc) is 1.61. The Kier molecular flexibility index (Phi) is 2.54. The second-order valence-corrected chi connectivity index (χ2v) is 1.47. The minimum atomic E-state index is -0.0170. The predicted molar refractivity (Wildman–Crippen MR) is 34.5 cm³/mol. The molecule has 0 amide bonds. The first kappa shape index (κ1) is 6.88. The molecule has 0 aromatic heterocycles.